The van der Waals surface area contributed by atoms with Gasteiger partial charge < -0.3 is 5.11 Å². The maximum Gasteiger partial charge on any atom is 0.0542 e. The Morgan fingerprint density at radius 3 is 1.60 bits per heavy atom. The van der Waals surface area contributed by atoms with Crippen molar-refractivity contribution in [3.8, 4) is 0 Å². The molecule has 0 atom stereocenters. The van der Waals surface area contributed by atoms with E-state index >= 15 is 0 Å². The van der Waals surface area contributed by atoms with Gasteiger partial charge in [-0.05, 0) is 12.8 Å². The number of aliphatic hydroxyl groups is 1. The Labute approximate surface area is 41.9 Å². The molecule has 35 valence electrons. The monoisotopic (exact) mass is 121 g/mol. The summed E-state index contributed by atoms with van der Waals surface area (Å²) in [5.41, 5.74) is 0. The van der Waals surface area contributed by atoms with E-state index in [1.165, 1.54) is 0 Å². The third kappa shape index (κ3) is 2.27. The van der Waals surface area contributed by atoms with E-state index in [1.807, 2.05) is 0 Å². The quantitative estimate of drug-likeness (QED) is 0.452. The van der Waals surface area contributed by atoms with Gasteiger partial charge in [0.05, 0.1) is 6.10 Å². The molecule has 0 unspecified atom stereocenters. The largest absolute Gasteiger partial charge is 0.393 e. The van der Waals surface area contributed by atoms with Gasteiger partial charge in [-0.2, -0.15) is 0 Å². The van der Waals surface area contributed by atoms with E-state index in [4.69, 9.17) is 5.11 Å². The molecule has 1 radical (unpaired) electrons. The molecule has 1 aliphatic carbocycles. The van der Waals surface area contributed by atoms with Gasteiger partial charge in [-0.15, -0.1) is 0 Å². The molecule has 0 aliphatic heterocycles. The zero-order valence-electron chi connectivity index (χ0n) is 2.74. The molecule has 1 fully saturated rings. The average Bonchev–Trinajstić information content (AvgIpc) is 1.75. The zero-order valence-corrected chi connectivity index (χ0v) is 3.68. The van der Waals surface area contributed by atoms with Gasteiger partial charge in [-0.3, -0.25) is 0 Å². The van der Waals surface area contributed by atoms with Crippen molar-refractivity contribution < 1.29 is 22.2 Å². The van der Waals surface area contributed by atoms with E-state index in [9.17, 15) is 0 Å². The summed E-state index contributed by atoms with van der Waals surface area (Å²) in [5.74, 6) is 0. The van der Waals surface area contributed by atoms with Gasteiger partial charge in [-0.25, -0.2) is 0 Å². The van der Waals surface area contributed by atoms with Gasteiger partial charge in [-0.1, -0.05) is 0 Å². The summed E-state index contributed by atoms with van der Waals surface area (Å²) < 4.78 is 0. The van der Waals surface area contributed by atoms with Crippen LogP contribution in [0, 0.1) is 0 Å². The van der Waals surface area contributed by atoms with Gasteiger partial charge in [0.2, 0.25) is 0 Å². The van der Waals surface area contributed by atoms with Gasteiger partial charge in [0.25, 0.3) is 0 Å². The van der Waals surface area contributed by atoms with Crippen LogP contribution in [0.25, 0.3) is 0 Å². The van der Waals surface area contributed by atoms with Crippen LogP contribution in [0.5, 0.6) is 0 Å². The van der Waals surface area contributed by atoms with E-state index in [1.54, 1.807) is 0 Å². The van der Waals surface area contributed by atoms with Crippen molar-refractivity contribution in [2.45, 2.75) is 18.9 Å². The molecule has 5 heavy (non-hydrogen) atoms. The summed E-state index contributed by atoms with van der Waals surface area (Å²) >= 11 is 0. The average molecular weight is 122 g/mol. The molecule has 2 heteroatoms. The van der Waals surface area contributed by atoms with Crippen LogP contribution in [0.2, 0.25) is 0 Å². The van der Waals surface area contributed by atoms with E-state index in [0.29, 0.717) is 0 Å². The number of aliphatic hydroxyl groups excluding tert-OH is 1. The zero-order chi connectivity index (χ0) is 2.99. The molecule has 0 aromatic heterocycles. The summed E-state index contributed by atoms with van der Waals surface area (Å²) in [6.07, 6.45) is 2.17. The minimum absolute atomic E-state index is 0. The topological polar surface area (TPSA) is 20.2 Å². The first kappa shape index (κ1) is 5.48. The molecule has 0 spiro atoms. The smallest absolute Gasteiger partial charge is 0.0542 e. The van der Waals surface area contributed by atoms with Crippen molar-refractivity contribution in [1.29, 1.82) is 0 Å². The molecule has 0 bridgehead atoms. The van der Waals surface area contributed by atoms with E-state index < -0.39 is 0 Å². The molecule has 0 aromatic rings. The predicted molar refractivity (Wildman–Crippen MR) is 15.2 cm³/mol. The van der Waals surface area contributed by atoms with Crippen LogP contribution in [0.4, 0.5) is 0 Å². The Morgan fingerprint density at radius 2 is 1.60 bits per heavy atom. The van der Waals surface area contributed by atoms with Crippen molar-refractivity contribution in [2.75, 3.05) is 0 Å². The van der Waals surface area contributed by atoms with E-state index in [-0.39, 0.29) is 23.2 Å². The van der Waals surface area contributed by atoms with Crippen LogP contribution in [0.3, 0.4) is 0 Å². The summed E-state index contributed by atoms with van der Waals surface area (Å²) in [6, 6.07) is 0. The van der Waals surface area contributed by atoms with Gasteiger partial charge in [0, 0.05) is 17.1 Å². The van der Waals surface area contributed by atoms with Crippen molar-refractivity contribution >= 4 is 0 Å². The Bertz CT molecular complexity index is 26.1. The van der Waals surface area contributed by atoms with E-state index in [2.05, 4.69) is 0 Å². The fourth-order valence-electron chi connectivity index (χ4n) is 0.0745. The van der Waals surface area contributed by atoms with Crippen LogP contribution >= 0.6 is 0 Å². The van der Waals surface area contributed by atoms with Crippen LogP contribution < -0.4 is 0 Å². The van der Waals surface area contributed by atoms with Crippen molar-refractivity contribution in [3.05, 3.63) is 0 Å². The third-order valence-electron chi connectivity index (χ3n) is 0.547. The fraction of sp³-hybridized carbons (Fsp3) is 1.00. The molecule has 1 nitrogen and oxygen atoms in total. The van der Waals surface area contributed by atoms with Crippen LogP contribution in [-0.2, 0) is 17.1 Å². The minimum atomic E-state index is 0. The molecule has 1 aliphatic rings. The second-order valence-electron chi connectivity index (χ2n) is 1.23. The maximum absolute atomic E-state index is 8.17. The van der Waals surface area contributed by atoms with Crippen LogP contribution in [0.1, 0.15) is 12.8 Å². The number of rotatable bonds is 0. The van der Waals surface area contributed by atoms with Crippen molar-refractivity contribution in [3.63, 3.8) is 0 Å². The summed E-state index contributed by atoms with van der Waals surface area (Å²) in [7, 11) is 0. The SMILES string of the molecule is OC1CC1.[Cu]. The molecule has 0 saturated heterocycles. The predicted octanol–water partition coefficient (Wildman–Crippen LogP) is 0.139. The molecule has 0 heterocycles. The molecule has 1 N–H and O–H groups in total. The van der Waals surface area contributed by atoms with Gasteiger partial charge in [0.15, 0.2) is 0 Å². The fourth-order valence-corrected chi connectivity index (χ4v) is 0.0745. The number of hydrogen-bond donors (Lipinski definition) is 1. The summed E-state index contributed by atoms with van der Waals surface area (Å²) in [5, 5.41) is 8.17. The molecule has 0 aromatic carbocycles. The van der Waals surface area contributed by atoms with Crippen molar-refractivity contribution in [2.24, 2.45) is 0 Å². The Kier molecular flexibility index (Phi) is 1.98. The van der Waals surface area contributed by atoms with Crippen LogP contribution in [0.15, 0.2) is 0 Å². The molecular weight excluding hydrogens is 116 g/mol. The molecule has 0 amide bonds. The summed E-state index contributed by atoms with van der Waals surface area (Å²) in [4.78, 5) is 0. The first-order valence-corrected chi connectivity index (χ1v) is 1.57. The standard InChI is InChI=1S/C3H6O.Cu/c4-3-1-2-3;/h3-4H,1-2H2;. The van der Waals surface area contributed by atoms with E-state index in [0.717, 1.165) is 12.8 Å². The Hall–Kier alpha value is 0.479. The molecule has 1 saturated carbocycles. The van der Waals surface area contributed by atoms with Gasteiger partial charge in [0.1, 0.15) is 0 Å². The molecular formula is C3H6CuO. The number of hydrogen-bond acceptors (Lipinski definition) is 1. The third-order valence-corrected chi connectivity index (χ3v) is 0.547. The normalized spacial score (nSPS) is 21.0. The first-order chi connectivity index (χ1) is 1.89. The first-order valence-electron chi connectivity index (χ1n) is 1.57. The molecule has 1 rings (SSSR count). The van der Waals surface area contributed by atoms with Gasteiger partial charge >= 0.3 is 0 Å². The summed E-state index contributed by atoms with van der Waals surface area (Å²) in [6.45, 7) is 0. The second kappa shape index (κ2) is 1.81. The van der Waals surface area contributed by atoms with Crippen LogP contribution in [-0.4, -0.2) is 11.2 Å². The Balaban J connectivity index is 0.000000160. The maximum atomic E-state index is 8.17. The minimum Gasteiger partial charge on any atom is -0.393 e. The second-order valence-corrected chi connectivity index (χ2v) is 1.23. The van der Waals surface area contributed by atoms with Crippen molar-refractivity contribution in [1.82, 2.24) is 0 Å². The Morgan fingerprint density at radius 1 is 1.40 bits per heavy atom.